The topological polar surface area (TPSA) is 59.0 Å². The van der Waals surface area contributed by atoms with Gasteiger partial charge in [-0.2, -0.15) is 0 Å². The number of nitrogens with zero attached hydrogens (tertiary/aromatic N) is 1. The summed E-state index contributed by atoms with van der Waals surface area (Å²) in [6.45, 7) is 0.810. The number of aliphatic hydroxyl groups is 1. The van der Waals surface area contributed by atoms with E-state index >= 15 is 0 Å². The van der Waals surface area contributed by atoms with E-state index in [1.54, 1.807) is 12.1 Å². The second kappa shape index (κ2) is 10.8. The first kappa shape index (κ1) is 24.4. The van der Waals surface area contributed by atoms with Crippen LogP contribution in [0, 0.1) is 11.6 Å². The van der Waals surface area contributed by atoms with Gasteiger partial charge in [0.1, 0.15) is 35.3 Å². The molecule has 2 aliphatic heterocycles. The van der Waals surface area contributed by atoms with Gasteiger partial charge in [0.15, 0.2) is 11.9 Å². The molecule has 0 aromatic heterocycles. The highest BCUT2D eigenvalue weighted by Crippen LogP contribution is 2.30. The normalized spacial score (nSPS) is 19.6. The number of carbonyl (C=O) groups is 1. The fourth-order valence-corrected chi connectivity index (χ4v) is 4.96. The molecule has 0 fully saturated rings. The van der Waals surface area contributed by atoms with Crippen molar-refractivity contribution < 1.29 is 28.2 Å². The number of rotatable bonds is 8. The smallest absolute Gasteiger partial charge is 0.187 e. The molecule has 0 saturated carbocycles. The number of ketones is 1. The Hall–Kier alpha value is -3.29. The molecule has 2 unspecified atom stereocenters. The van der Waals surface area contributed by atoms with Crippen LogP contribution in [0.4, 0.5) is 8.78 Å². The molecule has 0 amide bonds. The molecule has 188 valence electrons. The lowest BCUT2D eigenvalue weighted by Gasteiger charge is -2.33. The maximum atomic E-state index is 13.5. The predicted molar refractivity (Wildman–Crippen MR) is 131 cm³/mol. The molecule has 5 rings (SSSR count). The summed E-state index contributed by atoms with van der Waals surface area (Å²) in [4.78, 5) is 15.2. The van der Waals surface area contributed by atoms with Crippen LogP contribution < -0.4 is 9.47 Å². The number of Topliss-reactive ketones (excluding diaryl/α,β-unsaturated/α-hetero) is 1. The van der Waals surface area contributed by atoms with Crippen molar-refractivity contribution in [2.75, 3.05) is 13.1 Å². The molecule has 1 N–H and O–H groups in total. The molecular formula is C29H29F2NO4. The number of ether oxygens (including phenoxy) is 2. The van der Waals surface area contributed by atoms with E-state index in [9.17, 15) is 18.7 Å². The molecule has 3 aromatic rings. The first-order chi connectivity index (χ1) is 17.4. The summed E-state index contributed by atoms with van der Waals surface area (Å²) in [6.07, 6.45) is 0.314. The van der Waals surface area contributed by atoms with E-state index in [-0.39, 0.29) is 30.5 Å². The largest absolute Gasteiger partial charge is 0.487 e. The summed E-state index contributed by atoms with van der Waals surface area (Å²) in [5.74, 6) is 0.423. The van der Waals surface area contributed by atoms with Crippen LogP contribution in [0.2, 0.25) is 0 Å². The molecule has 0 bridgehead atoms. The molecular weight excluding hydrogens is 464 g/mol. The Morgan fingerprint density at radius 3 is 2.25 bits per heavy atom. The SMILES string of the molecule is O=C(CN(Cc1ccccc1)CC(O)[C@H]1CCc2cc(F)ccc2O1)C1CCc2cc(F)ccc2O1. The van der Waals surface area contributed by atoms with Gasteiger partial charge < -0.3 is 14.6 Å². The van der Waals surface area contributed by atoms with Gasteiger partial charge in [-0.25, -0.2) is 8.78 Å². The van der Waals surface area contributed by atoms with E-state index in [1.165, 1.54) is 24.3 Å². The van der Waals surface area contributed by atoms with Crippen LogP contribution in [0.3, 0.4) is 0 Å². The number of hydrogen-bond donors (Lipinski definition) is 1. The lowest BCUT2D eigenvalue weighted by molar-refractivity contribution is -0.128. The minimum Gasteiger partial charge on any atom is -0.487 e. The molecule has 2 heterocycles. The fraction of sp³-hybridized carbons (Fsp3) is 0.345. The van der Waals surface area contributed by atoms with Crippen LogP contribution in [-0.2, 0) is 24.2 Å². The minimum atomic E-state index is -0.837. The third kappa shape index (κ3) is 5.74. The highest BCUT2D eigenvalue weighted by Gasteiger charge is 2.31. The highest BCUT2D eigenvalue weighted by atomic mass is 19.1. The Labute approximate surface area is 209 Å². The molecule has 0 saturated heterocycles. The van der Waals surface area contributed by atoms with Crippen LogP contribution >= 0.6 is 0 Å². The molecule has 36 heavy (non-hydrogen) atoms. The van der Waals surface area contributed by atoms with Gasteiger partial charge in [0, 0.05) is 13.1 Å². The van der Waals surface area contributed by atoms with Crippen molar-refractivity contribution in [2.24, 2.45) is 0 Å². The summed E-state index contributed by atoms with van der Waals surface area (Å²) in [6, 6.07) is 18.5. The Balaban J connectivity index is 1.26. The van der Waals surface area contributed by atoms with Gasteiger partial charge in [0.25, 0.3) is 0 Å². The van der Waals surface area contributed by atoms with Crippen molar-refractivity contribution in [1.29, 1.82) is 0 Å². The Morgan fingerprint density at radius 1 is 0.917 bits per heavy atom. The molecule has 0 radical (unpaired) electrons. The predicted octanol–water partition coefficient (Wildman–Crippen LogP) is 4.48. The average molecular weight is 494 g/mol. The van der Waals surface area contributed by atoms with Crippen molar-refractivity contribution in [2.45, 2.75) is 50.5 Å². The first-order valence-electron chi connectivity index (χ1n) is 12.3. The summed E-state index contributed by atoms with van der Waals surface area (Å²) in [7, 11) is 0. The average Bonchev–Trinajstić information content (AvgIpc) is 2.88. The van der Waals surface area contributed by atoms with Crippen LogP contribution in [-0.4, -0.2) is 47.2 Å². The van der Waals surface area contributed by atoms with E-state index in [0.717, 1.165) is 16.7 Å². The van der Waals surface area contributed by atoms with Gasteiger partial charge in [-0.1, -0.05) is 30.3 Å². The molecule has 2 aliphatic rings. The van der Waals surface area contributed by atoms with Crippen LogP contribution in [0.15, 0.2) is 66.7 Å². The monoisotopic (exact) mass is 493 g/mol. The maximum absolute atomic E-state index is 13.5. The van der Waals surface area contributed by atoms with Gasteiger partial charge in [0.05, 0.1) is 6.54 Å². The van der Waals surface area contributed by atoms with Crippen molar-refractivity contribution in [1.82, 2.24) is 4.90 Å². The maximum Gasteiger partial charge on any atom is 0.187 e. The standard InChI is InChI=1S/C29H29F2NO4/c30-22-8-12-26-20(14-22)6-10-28(35-26)24(33)17-32(16-19-4-2-1-3-5-19)18-25(34)29-11-7-21-15-23(31)9-13-27(21)36-29/h1-5,8-9,12-15,24,28-29,33H,6-7,10-11,16-18H2/t24?,28-,29?/m1/s1. The van der Waals surface area contributed by atoms with Crippen LogP contribution in [0.5, 0.6) is 11.5 Å². The van der Waals surface area contributed by atoms with Crippen molar-refractivity contribution in [3.05, 3.63) is 95.1 Å². The number of hydrogen-bond acceptors (Lipinski definition) is 5. The highest BCUT2D eigenvalue weighted by molar-refractivity contribution is 5.85. The Kier molecular flexibility index (Phi) is 7.30. The molecule has 3 atom stereocenters. The van der Waals surface area contributed by atoms with E-state index in [2.05, 4.69) is 0 Å². The fourth-order valence-electron chi connectivity index (χ4n) is 4.96. The zero-order valence-corrected chi connectivity index (χ0v) is 19.9. The summed E-state index contributed by atoms with van der Waals surface area (Å²) in [5, 5.41) is 11.1. The first-order valence-corrected chi connectivity index (χ1v) is 12.3. The van der Waals surface area contributed by atoms with Gasteiger partial charge in [-0.3, -0.25) is 9.69 Å². The second-order valence-corrected chi connectivity index (χ2v) is 9.53. The van der Waals surface area contributed by atoms with Crippen molar-refractivity contribution >= 4 is 5.78 Å². The lowest BCUT2D eigenvalue weighted by Crippen LogP contribution is -2.46. The molecule has 0 spiro atoms. The van der Waals surface area contributed by atoms with E-state index in [0.29, 0.717) is 43.7 Å². The second-order valence-electron chi connectivity index (χ2n) is 9.53. The minimum absolute atomic E-state index is 0.0847. The lowest BCUT2D eigenvalue weighted by atomic mass is 9.98. The van der Waals surface area contributed by atoms with Crippen molar-refractivity contribution in [3.63, 3.8) is 0 Å². The number of aryl methyl sites for hydroxylation is 2. The Bertz CT molecular complexity index is 1220. The number of carbonyl (C=O) groups excluding carboxylic acids is 1. The van der Waals surface area contributed by atoms with E-state index in [4.69, 9.17) is 9.47 Å². The van der Waals surface area contributed by atoms with Gasteiger partial charge in [-0.05, 0) is 78.8 Å². The van der Waals surface area contributed by atoms with Gasteiger partial charge >= 0.3 is 0 Å². The van der Waals surface area contributed by atoms with Crippen molar-refractivity contribution in [3.8, 4) is 11.5 Å². The number of benzene rings is 3. The zero-order valence-electron chi connectivity index (χ0n) is 19.9. The van der Waals surface area contributed by atoms with Gasteiger partial charge in [-0.15, -0.1) is 0 Å². The van der Waals surface area contributed by atoms with Crippen LogP contribution in [0.1, 0.15) is 29.5 Å². The molecule has 7 heteroatoms. The molecule has 3 aromatic carbocycles. The molecule has 0 aliphatic carbocycles. The number of halogens is 2. The third-order valence-electron chi connectivity index (χ3n) is 6.83. The quantitative estimate of drug-likeness (QED) is 0.501. The summed E-state index contributed by atoms with van der Waals surface area (Å²) < 4.78 is 39.0. The van der Waals surface area contributed by atoms with Crippen LogP contribution in [0.25, 0.3) is 0 Å². The number of fused-ring (bicyclic) bond motifs is 2. The number of aliphatic hydroxyl groups excluding tert-OH is 1. The third-order valence-corrected chi connectivity index (χ3v) is 6.83. The van der Waals surface area contributed by atoms with E-state index in [1.807, 2.05) is 35.2 Å². The van der Waals surface area contributed by atoms with E-state index < -0.39 is 18.3 Å². The Morgan fingerprint density at radius 2 is 1.56 bits per heavy atom. The van der Waals surface area contributed by atoms with Gasteiger partial charge in [0.2, 0.25) is 0 Å². The molecule has 5 nitrogen and oxygen atoms in total. The zero-order chi connectivity index (χ0) is 25.1. The summed E-state index contributed by atoms with van der Waals surface area (Å²) >= 11 is 0. The summed E-state index contributed by atoms with van der Waals surface area (Å²) in [5.41, 5.74) is 2.59.